The number of halogens is 1. The maximum atomic E-state index is 12.8. The second-order valence-corrected chi connectivity index (χ2v) is 8.52. The molecule has 10 heteroatoms. The van der Waals surface area contributed by atoms with Crippen molar-refractivity contribution in [3.63, 3.8) is 0 Å². The molecule has 0 unspecified atom stereocenters. The third kappa shape index (κ3) is 4.96. The number of anilines is 2. The number of carbonyl (C=O) groups is 1. The second kappa shape index (κ2) is 8.66. The lowest BCUT2D eigenvalue weighted by atomic mass is 10.2. The average Bonchev–Trinajstić information content (AvgIpc) is 3.11. The number of rotatable bonds is 7. The van der Waals surface area contributed by atoms with Crippen molar-refractivity contribution in [2.75, 3.05) is 16.6 Å². The van der Waals surface area contributed by atoms with Crippen molar-refractivity contribution >= 4 is 43.2 Å². The zero-order valence-corrected chi connectivity index (χ0v) is 18.0. The van der Waals surface area contributed by atoms with E-state index in [0.29, 0.717) is 33.8 Å². The molecule has 0 aliphatic carbocycles. The molecule has 0 bridgehead atoms. The minimum absolute atomic E-state index is 0.0223. The summed E-state index contributed by atoms with van der Waals surface area (Å²) in [5.41, 5.74) is 1.16. The molecule has 1 aromatic heterocycles. The van der Waals surface area contributed by atoms with Gasteiger partial charge in [-0.1, -0.05) is 21.1 Å². The Labute approximate surface area is 176 Å². The molecule has 29 heavy (non-hydrogen) atoms. The monoisotopic (exact) mass is 479 g/mol. The van der Waals surface area contributed by atoms with Gasteiger partial charge in [0.15, 0.2) is 0 Å². The van der Waals surface area contributed by atoms with Gasteiger partial charge in [0.1, 0.15) is 22.0 Å². The van der Waals surface area contributed by atoms with Crippen molar-refractivity contribution in [1.29, 1.82) is 0 Å². The van der Waals surface area contributed by atoms with Gasteiger partial charge in [0.25, 0.3) is 15.9 Å². The van der Waals surface area contributed by atoms with Gasteiger partial charge < -0.3 is 14.6 Å². The van der Waals surface area contributed by atoms with Crippen molar-refractivity contribution in [3.8, 4) is 5.75 Å². The smallest absolute Gasteiger partial charge is 0.265 e. The first-order valence-corrected chi connectivity index (χ1v) is 10.9. The number of hydrogen-bond acceptors (Lipinski definition) is 6. The number of hydrogen-bond donors (Lipinski definition) is 2. The van der Waals surface area contributed by atoms with E-state index in [2.05, 4.69) is 31.1 Å². The van der Waals surface area contributed by atoms with E-state index in [1.54, 1.807) is 50.2 Å². The molecule has 0 atom stereocenters. The highest BCUT2D eigenvalue weighted by atomic mass is 79.9. The van der Waals surface area contributed by atoms with Gasteiger partial charge in [0.05, 0.1) is 12.8 Å². The lowest BCUT2D eigenvalue weighted by molar-refractivity contribution is 0.102. The Bertz CT molecular complexity index is 1130. The van der Waals surface area contributed by atoms with Crippen LogP contribution in [0.15, 0.2) is 62.6 Å². The van der Waals surface area contributed by atoms with Gasteiger partial charge in [-0.25, -0.2) is 8.42 Å². The molecule has 3 rings (SSSR count). The minimum atomic E-state index is -3.88. The molecule has 0 aliphatic rings. The van der Waals surface area contributed by atoms with E-state index in [0.717, 1.165) is 0 Å². The minimum Gasteiger partial charge on any atom is -0.492 e. The summed E-state index contributed by atoms with van der Waals surface area (Å²) < 4.78 is 39.0. The van der Waals surface area contributed by atoms with Crippen molar-refractivity contribution < 1.29 is 22.5 Å². The Morgan fingerprint density at radius 3 is 2.48 bits per heavy atom. The number of aromatic nitrogens is 1. The predicted molar refractivity (Wildman–Crippen MR) is 112 cm³/mol. The molecule has 1 heterocycles. The molecule has 0 saturated heterocycles. The molecule has 152 valence electrons. The first-order chi connectivity index (χ1) is 13.8. The molecule has 2 aromatic carbocycles. The van der Waals surface area contributed by atoms with Crippen LogP contribution in [0.5, 0.6) is 5.75 Å². The van der Waals surface area contributed by atoms with Crippen molar-refractivity contribution in [2.24, 2.45) is 0 Å². The Balaban J connectivity index is 1.76. The van der Waals surface area contributed by atoms with Crippen LogP contribution in [0.1, 0.15) is 23.0 Å². The number of sulfonamides is 1. The quantitative estimate of drug-likeness (QED) is 0.525. The molecule has 3 aromatic rings. The zero-order valence-electron chi connectivity index (χ0n) is 15.6. The third-order valence-electron chi connectivity index (χ3n) is 3.89. The fraction of sp³-hybridized carbons (Fsp3) is 0.158. The largest absolute Gasteiger partial charge is 0.492 e. The standard InChI is InChI=1S/C19H18BrN3O5S/c1-3-27-17-9-4-13(20)10-18(17)29(25,26)23-15-7-5-14(6-8-15)22-19(24)16-11-21-28-12(16)2/h4-11,23H,3H2,1-2H3,(H,22,24). The molecule has 0 spiro atoms. The van der Waals surface area contributed by atoms with Crippen molar-refractivity contribution in [1.82, 2.24) is 5.16 Å². The Hall–Kier alpha value is -2.85. The van der Waals surface area contributed by atoms with Crippen LogP contribution in [0, 0.1) is 6.92 Å². The molecule has 0 saturated carbocycles. The Morgan fingerprint density at radius 1 is 1.17 bits per heavy atom. The van der Waals surface area contributed by atoms with E-state index in [1.807, 2.05) is 0 Å². The van der Waals surface area contributed by atoms with Gasteiger partial charge in [-0.15, -0.1) is 0 Å². The number of carbonyl (C=O) groups excluding carboxylic acids is 1. The van der Waals surface area contributed by atoms with E-state index in [9.17, 15) is 13.2 Å². The van der Waals surface area contributed by atoms with E-state index >= 15 is 0 Å². The number of nitrogens with one attached hydrogen (secondary N) is 2. The van der Waals surface area contributed by atoms with Crippen molar-refractivity contribution in [3.05, 3.63) is 64.5 Å². The van der Waals surface area contributed by atoms with Gasteiger partial charge in [0, 0.05) is 15.8 Å². The lowest BCUT2D eigenvalue weighted by Gasteiger charge is -2.13. The maximum Gasteiger partial charge on any atom is 0.265 e. The van der Waals surface area contributed by atoms with Gasteiger partial charge >= 0.3 is 0 Å². The topological polar surface area (TPSA) is 111 Å². The molecule has 0 radical (unpaired) electrons. The zero-order chi connectivity index (χ0) is 21.0. The van der Waals surface area contributed by atoms with Crippen LogP contribution in [0.25, 0.3) is 0 Å². The highest BCUT2D eigenvalue weighted by Crippen LogP contribution is 2.29. The number of amides is 1. The highest BCUT2D eigenvalue weighted by molar-refractivity contribution is 9.10. The average molecular weight is 480 g/mol. The van der Waals surface area contributed by atoms with Crippen LogP contribution in [0.3, 0.4) is 0 Å². The second-order valence-electron chi connectivity index (χ2n) is 5.96. The summed E-state index contributed by atoms with van der Waals surface area (Å²) in [4.78, 5) is 12.2. The van der Waals surface area contributed by atoms with E-state index in [4.69, 9.17) is 9.26 Å². The molecule has 0 fully saturated rings. The summed E-state index contributed by atoms with van der Waals surface area (Å²) in [5.74, 6) is 0.301. The van der Waals surface area contributed by atoms with Crippen LogP contribution in [-0.4, -0.2) is 26.1 Å². The SMILES string of the molecule is CCOc1ccc(Br)cc1S(=O)(=O)Nc1ccc(NC(=O)c2cnoc2C)cc1. The normalized spacial score (nSPS) is 11.1. The number of benzene rings is 2. The van der Waals surface area contributed by atoms with Crippen molar-refractivity contribution in [2.45, 2.75) is 18.7 Å². The van der Waals surface area contributed by atoms with Crippen LogP contribution < -0.4 is 14.8 Å². The van der Waals surface area contributed by atoms with Crippen LogP contribution in [0.2, 0.25) is 0 Å². The summed E-state index contributed by atoms with van der Waals surface area (Å²) in [6.07, 6.45) is 1.33. The summed E-state index contributed by atoms with van der Waals surface area (Å²) in [6.45, 7) is 3.75. The first kappa shape index (κ1) is 20.9. The van der Waals surface area contributed by atoms with Crippen LogP contribution in [0.4, 0.5) is 11.4 Å². The molecular weight excluding hydrogens is 462 g/mol. The molecule has 0 aliphatic heterocycles. The van der Waals surface area contributed by atoms with E-state index in [-0.39, 0.29) is 16.6 Å². The predicted octanol–water partition coefficient (Wildman–Crippen LogP) is 4.20. The van der Waals surface area contributed by atoms with Gasteiger partial charge in [0.2, 0.25) is 0 Å². The number of nitrogens with zero attached hydrogens (tertiary/aromatic N) is 1. The molecular formula is C19H18BrN3O5S. The third-order valence-corrected chi connectivity index (χ3v) is 5.78. The molecule has 1 amide bonds. The first-order valence-electron chi connectivity index (χ1n) is 8.58. The summed E-state index contributed by atoms with van der Waals surface area (Å²) in [5, 5.41) is 6.27. The summed E-state index contributed by atoms with van der Waals surface area (Å²) in [6, 6.07) is 11.0. The Morgan fingerprint density at radius 2 is 1.86 bits per heavy atom. The number of aryl methyl sites for hydroxylation is 1. The summed E-state index contributed by atoms with van der Waals surface area (Å²) >= 11 is 3.28. The fourth-order valence-corrected chi connectivity index (χ4v) is 4.26. The Kier molecular flexibility index (Phi) is 6.23. The van der Waals surface area contributed by atoms with Gasteiger partial charge in [-0.2, -0.15) is 0 Å². The fourth-order valence-electron chi connectivity index (χ4n) is 2.51. The highest BCUT2D eigenvalue weighted by Gasteiger charge is 2.20. The molecule has 8 nitrogen and oxygen atoms in total. The number of ether oxygens (including phenoxy) is 1. The molecule has 2 N–H and O–H groups in total. The summed E-state index contributed by atoms with van der Waals surface area (Å²) in [7, 11) is -3.88. The van der Waals surface area contributed by atoms with E-state index in [1.165, 1.54) is 12.3 Å². The van der Waals surface area contributed by atoms with Crippen LogP contribution in [-0.2, 0) is 10.0 Å². The van der Waals surface area contributed by atoms with Gasteiger partial charge in [-0.3, -0.25) is 9.52 Å². The van der Waals surface area contributed by atoms with E-state index < -0.39 is 10.0 Å². The maximum absolute atomic E-state index is 12.8. The van der Waals surface area contributed by atoms with Gasteiger partial charge in [-0.05, 0) is 56.3 Å². The lowest BCUT2D eigenvalue weighted by Crippen LogP contribution is -2.15. The van der Waals surface area contributed by atoms with Crippen LogP contribution >= 0.6 is 15.9 Å².